The molecule has 1 unspecified atom stereocenters. The highest BCUT2D eigenvalue weighted by Gasteiger charge is 2.25. The van der Waals surface area contributed by atoms with Crippen molar-refractivity contribution < 1.29 is 4.79 Å². The Labute approximate surface area is 89.7 Å². The molecule has 1 saturated heterocycles. The molecule has 0 aliphatic carbocycles. The summed E-state index contributed by atoms with van der Waals surface area (Å²) in [6, 6.07) is 2.13. The van der Waals surface area contributed by atoms with Crippen molar-refractivity contribution in [2.24, 2.45) is 0 Å². The number of carbonyl (C=O) groups excluding carboxylic acids is 1. The van der Waals surface area contributed by atoms with E-state index in [0.29, 0.717) is 0 Å². The second-order valence-corrected chi connectivity index (χ2v) is 4.07. The van der Waals surface area contributed by atoms with Crippen LogP contribution in [0, 0.1) is 6.92 Å². The third-order valence-corrected chi connectivity index (χ3v) is 2.95. The number of H-pyrrole nitrogens is 1. The summed E-state index contributed by atoms with van der Waals surface area (Å²) in [5, 5.41) is 3.28. The first-order valence-corrected chi connectivity index (χ1v) is 5.36. The molecule has 82 valence electrons. The lowest BCUT2D eigenvalue weighted by molar-refractivity contribution is 0.0655. The van der Waals surface area contributed by atoms with Gasteiger partial charge in [-0.3, -0.25) is 4.79 Å². The van der Waals surface area contributed by atoms with Crippen LogP contribution in [0.25, 0.3) is 0 Å². The summed E-state index contributed by atoms with van der Waals surface area (Å²) >= 11 is 0. The fourth-order valence-electron chi connectivity index (χ4n) is 1.98. The molecule has 1 aliphatic heterocycles. The van der Waals surface area contributed by atoms with E-state index in [1.54, 1.807) is 0 Å². The molecule has 4 nitrogen and oxygen atoms in total. The van der Waals surface area contributed by atoms with Crippen molar-refractivity contribution in [2.75, 3.05) is 19.6 Å². The summed E-state index contributed by atoms with van der Waals surface area (Å²) < 4.78 is 0. The van der Waals surface area contributed by atoms with Crippen LogP contribution >= 0.6 is 0 Å². The zero-order valence-corrected chi connectivity index (χ0v) is 9.21. The Bertz CT molecular complexity index is 358. The summed E-state index contributed by atoms with van der Waals surface area (Å²) in [5.74, 6) is 0.141. The highest BCUT2D eigenvalue weighted by Crippen LogP contribution is 2.12. The average Bonchev–Trinajstić information content (AvgIpc) is 2.64. The van der Waals surface area contributed by atoms with Gasteiger partial charge in [0.05, 0.1) is 5.56 Å². The van der Waals surface area contributed by atoms with Crippen LogP contribution in [0.3, 0.4) is 0 Å². The monoisotopic (exact) mass is 207 g/mol. The van der Waals surface area contributed by atoms with E-state index in [9.17, 15) is 4.79 Å². The van der Waals surface area contributed by atoms with Crippen LogP contribution in [-0.4, -0.2) is 41.5 Å². The Kier molecular flexibility index (Phi) is 2.77. The largest absolute Gasteiger partial charge is 0.365 e. The number of hydrogen-bond acceptors (Lipinski definition) is 2. The summed E-state index contributed by atoms with van der Waals surface area (Å²) in [7, 11) is 0. The van der Waals surface area contributed by atoms with Gasteiger partial charge >= 0.3 is 0 Å². The van der Waals surface area contributed by atoms with Crippen molar-refractivity contribution >= 4 is 5.91 Å². The zero-order chi connectivity index (χ0) is 10.8. The van der Waals surface area contributed by atoms with E-state index >= 15 is 0 Å². The Morgan fingerprint density at radius 1 is 1.60 bits per heavy atom. The van der Waals surface area contributed by atoms with E-state index in [1.807, 2.05) is 24.1 Å². The number of nitrogens with one attached hydrogen (secondary N) is 2. The molecule has 2 rings (SSSR count). The maximum atomic E-state index is 12.2. The second-order valence-electron chi connectivity index (χ2n) is 4.07. The second kappa shape index (κ2) is 4.06. The minimum Gasteiger partial charge on any atom is -0.365 e. The normalized spacial score (nSPS) is 21.7. The van der Waals surface area contributed by atoms with Crippen molar-refractivity contribution in [1.29, 1.82) is 0 Å². The zero-order valence-electron chi connectivity index (χ0n) is 9.21. The van der Waals surface area contributed by atoms with Gasteiger partial charge in [-0.25, -0.2) is 0 Å². The summed E-state index contributed by atoms with van der Waals surface area (Å²) in [6.45, 7) is 6.57. The predicted octanol–water partition coefficient (Wildman–Crippen LogP) is 0.757. The fraction of sp³-hybridized carbons (Fsp3) is 0.545. The summed E-state index contributed by atoms with van der Waals surface area (Å²) in [6.07, 6.45) is 1.81. The molecule has 0 aromatic carbocycles. The van der Waals surface area contributed by atoms with Gasteiger partial charge in [-0.2, -0.15) is 0 Å². The van der Waals surface area contributed by atoms with E-state index in [0.717, 1.165) is 30.9 Å². The van der Waals surface area contributed by atoms with Gasteiger partial charge in [-0.1, -0.05) is 0 Å². The Hall–Kier alpha value is -1.29. The van der Waals surface area contributed by atoms with E-state index in [-0.39, 0.29) is 11.9 Å². The first-order chi connectivity index (χ1) is 7.20. The molecule has 2 heterocycles. The molecule has 15 heavy (non-hydrogen) atoms. The number of hydrogen-bond donors (Lipinski definition) is 2. The van der Waals surface area contributed by atoms with Crippen molar-refractivity contribution in [3.63, 3.8) is 0 Å². The van der Waals surface area contributed by atoms with Crippen LogP contribution in [0.1, 0.15) is 23.0 Å². The Morgan fingerprint density at radius 2 is 2.40 bits per heavy atom. The number of aromatic amines is 1. The quantitative estimate of drug-likeness (QED) is 0.714. The minimum absolute atomic E-state index is 0.141. The van der Waals surface area contributed by atoms with Gasteiger partial charge in [-0.05, 0) is 19.9 Å². The first kappa shape index (κ1) is 10.2. The maximum Gasteiger partial charge on any atom is 0.255 e. The SMILES string of the molecule is Cc1[nH]ccc1C(=O)N1CCNCC1C. The standard InChI is InChI=1S/C11H17N3O/c1-8-7-12-5-6-14(8)11(15)10-3-4-13-9(10)2/h3-4,8,12-13H,5-7H2,1-2H3. The predicted molar refractivity (Wildman–Crippen MR) is 58.9 cm³/mol. The van der Waals surface area contributed by atoms with Crippen LogP contribution in [0.15, 0.2) is 12.3 Å². The van der Waals surface area contributed by atoms with Gasteiger partial charge in [0.2, 0.25) is 0 Å². The summed E-state index contributed by atoms with van der Waals surface area (Å²) in [5.41, 5.74) is 1.74. The molecule has 4 heteroatoms. The van der Waals surface area contributed by atoms with Crippen molar-refractivity contribution in [1.82, 2.24) is 15.2 Å². The number of piperazine rings is 1. The smallest absolute Gasteiger partial charge is 0.255 e. The lowest BCUT2D eigenvalue weighted by Crippen LogP contribution is -2.52. The van der Waals surface area contributed by atoms with Gasteiger partial charge in [-0.15, -0.1) is 0 Å². The molecule has 1 amide bonds. The van der Waals surface area contributed by atoms with Crippen LogP contribution in [0.5, 0.6) is 0 Å². The first-order valence-electron chi connectivity index (χ1n) is 5.36. The number of carbonyl (C=O) groups is 1. The maximum absolute atomic E-state index is 12.2. The molecule has 0 bridgehead atoms. The molecular formula is C11H17N3O. The molecule has 1 aliphatic rings. The van der Waals surface area contributed by atoms with Crippen molar-refractivity contribution in [3.8, 4) is 0 Å². The number of aryl methyl sites for hydroxylation is 1. The molecule has 1 atom stereocenters. The van der Waals surface area contributed by atoms with Gasteiger partial charge < -0.3 is 15.2 Å². The van der Waals surface area contributed by atoms with Gasteiger partial charge in [0.15, 0.2) is 0 Å². The average molecular weight is 207 g/mol. The molecule has 0 saturated carbocycles. The molecule has 2 N–H and O–H groups in total. The number of rotatable bonds is 1. The van der Waals surface area contributed by atoms with E-state index < -0.39 is 0 Å². The third-order valence-electron chi connectivity index (χ3n) is 2.95. The topological polar surface area (TPSA) is 48.1 Å². The Morgan fingerprint density at radius 3 is 3.00 bits per heavy atom. The number of aromatic nitrogens is 1. The van der Waals surface area contributed by atoms with Crippen LogP contribution in [0.2, 0.25) is 0 Å². The minimum atomic E-state index is 0.141. The van der Waals surface area contributed by atoms with Crippen molar-refractivity contribution in [3.05, 3.63) is 23.5 Å². The summed E-state index contributed by atoms with van der Waals surface area (Å²) in [4.78, 5) is 17.1. The molecule has 0 radical (unpaired) electrons. The van der Waals surface area contributed by atoms with Crippen LogP contribution in [0.4, 0.5) is 0 Å². The van der Waals surface area contributed by atoms with Gasteiger partial charge in [0, 0.05) is 37.6 Å². The van der Waals surface area contributed by atoms with E-state index in [1.165, 1.54) is 0 Å². The van der Waals surface area contributed by atoms with Crippen molar-refractivity contribution in [2.45, 2.75) is 19.9 Å². The highest BCUT2D eigenvalue weighted by molar-refractivity contribution is 5.95. The van der Waals surface area contributed by atoms with Crippen LogP contribution in [-0.2, 0) is 0 Å². The molecule has 1 aromatic rings. The van der Waals surface area contributed by atoms with Gasteiger partial charge in [0.25, 0.3) is 5.91 Å². The molecule has 1 fully saturated rings. The highest BCUT2D eigenvalue weighted by atomic mass is 16.2. The molecule has 0 spiro atoms. The third kappa shape index (κ3) is 1.90. The lowest BCUT2D eigenvalue weighted by atomic mass is 10.1. The van der Waals surface area contributed by atoms with Crippen LogP contribution < -0.4 is 5.32 Å². The molecular weight excluding hydrogens is 190 g/mol. The van der Waals surface area contributed by atoms with E-state index in [4.69, 9.17) is 0 Å². The lowest BCUT2D eigenvalue weighted by Gasteiger charge is -2.34. The van der Waals surface area contributed by atoms with E-state index in [2.05, 4.69) is 17.2 Å². The number of nitrogens with zero attached hydrogens (tertiary/aromatic N) is 1. The number of amides is 1. The van der Waals surface area contributed by atoms with Gasteiger partial charge in [0.1, 0.15) is 0 Å². The Balaban J connectivity index is 2.17. The fourth-order valence-corrected chi connectivity index (χ4v) is 1.98. The molecule has 1 aromatic heterocycles.